The Hall–Kier alpha value is -2.44. The van der Waals surface area contributed by atoms with Crippen LogP contribution in [-0.4, -0.2) is 14.7 Å². The summed E-state index contributed by atoms with van der Waals surface area (Å²) in [5, 5.41) is 17.5. The first-order chi connectivity index (χ1) is 8.56. The van der Waals surface area contributed by atoms with E-state index in [2.05, 4.69) is 10.4 Å². The van der Waals surface area contributed by atoms with Crippen molar-refractivity contribution in [3.8, 4) is 0 Å². The minimum atomic E-state index is -0.513. The molecule has 0 spiro atoms. The number of aryl methyl sites for hydroxylation is 1. The molecule has 0 bridgehead atoms. The summed E-state index contributed by atoms with van der Waals surface area (Å²) in [6.07, 6.45) is 1.31. The molecule has 2 rings (SSSR count). The molecule has 1 heterocycles. The lowest BCUT2D eigenvalue weighted by atomic mass is 10.2. The van der Waals surface area contributed by atoms with Crippen molar-refractivity contribution in [2.24, 2.45) is 7.05 Å². The largest absolute Gasteiger partial charge is 0.359 e. The summed E-state index contributed by atoms with van der Waals surface area (Å²) in [5.74, 6) is -0.170. The van der Waals surface area contributed by atoms with E-state index in [1.54, 1.807) is 19.2 Å². The number of rotatable bonds is 4. The summed E-state index contributed by atoms with van der Waals surface area (Å²) in [5.41, 5.74) is 0.587. The van der Waals surface area contributed by atoms with Gasteiger partial charge in [-0.2, -0.15) is 0 Å². The molecule has 0 radical (unpaired) electrons. The molecule has 2 aromatic rings. The molecule has 0 saturated carbocycles. The van der Waals surface area contributed by atoms with Gasteiger partial charge in [0, 0.05) is 13.6 Å². The highest BCUT2D eigenvalue weighted by Crippen LogP contribution is 2.22. The number of nitrogens with zero attached hydrogens (tertiary/aromatic N) is 3. The van der Waals surface area contributed by atoms with E-state index in [0.717, 1.165) is 0 Å². The van der Waals surface area contributed by atoms with Gasteiger partial charge < -0.3 is 5.32 Å². The van der Waals surface area contributed by atoms with E-state index in [4.69, 9.17) is 0 Å². The van der Waals surface area contributed by atoms with Gasteiger partial charge in [-0.3, -0.25) is 14.8 Å². The molecule has 7 heteroatoms. The van der Waals surface area contributed by atoms with Crippen LogP contribution in [0.2, 0.25) is 0 Å². The summed E-state index contributed by atoms with van der Waals surface area (Å²) in [7, 11) is 1.60. The fraction of sp³-hybridized carbons (Fsp3) is 0.182. The van der Waals surface area contributed by atoms with E-state index < -0.39 is 4.92 Å². The number of anilines is 1. The molecule has 0 amide bonds. The second-order valence-electron chi connectivity index (χ2n) is 3.78. The lowest BCUT2D eigenvalue weighted by Gasteiger charge is -2.03. The normalized spacial score (nSPS) is 10.3. The molecule has 94 valence electrons. The molecule has 0 atom stereocenters. The van der Waals surface area contributed by atoms with E-state index >= 15 is 0 Å². The lowest BCUT2D eigenvalue weighted by Crippen LogP contribution is -2.02. The summed E-state index contributed by atoms with van der Waals surface area (Å²) < 4.78 is 14.3. The topological polar surface area (TPSA) is 73.0 Å². The highest BCUT2D eigenvalue weighted by Gasteiger charge is 2.17. The Morgan fingerprint density at radius 3 is 3.00 bits per heavy atom. The minimum Gasteiger partial charge on any atom is -0.359 e. The average Bonchev–Trinajstić information content (AvgIpc) is 2.68. The summed E-state index contributed by atoms with van der Waals surface area (Å²) in [4.78, 5) is 10.2. The van der Waals surface area contributed by atoms with E-state index in [1.807, 2.05) is 0 Å². The maximum atomic E-state index is 12.9. The molecule has 18 heavy (non-hydrogen) atoms. The molecule has 6 nitrogen and oxygen atoms in total. The van der Waals surface area contributed by atoms with Crippen molar-refractivity contribution in [2.45, 2.75) is 6.54 Å². The van der Waals surface area contributed by atoms with Gasteiger partial charge >= 0.3 is 5.69 Å². The Bertz CT molecular complexity index is 582. The summed E-state index contributed by atoms with van der Waals surface area (Å²) in [6.45, 7) is 0.273. The number of halogens is 1. The molecule has 1 N–H and O–H groups in total. The predicted octanol–water partition coefficient (Wildman–Crippen LogP) is 2.08. The Balaban J connectivity index is 2.13. The van der Waals surface area contributed by atoms with Crippen LogP contribution < -0.4 is 5.32 Å². The fourth-order valence-electron chi connectivity index (χ4n) is 1.57. The first-order valence-electron chi connectivity index (χ1n) is 5.22. The zero-order chi connectivity index (χ0) is 13.1. The maximum Gasteiger partial charge on any atom is 0.330 e. The van der Waals surface area contributed by atoms with Gasteiger partial charge in [0.1, 0.15) is 12.0 Å². The quantitative estimate of drug-likeness (QED) is 0.666. The van der Waals surface area contributed by atoms with Gasteiger partial charge in [-0.1, -0.05) is 12.1 Å². The fourth-order valence-corrected chi connectivity index (χ4v) is 1.57. The van der Waals surface area contributed by atoms with Gasteiger partial charge in [0.25, 0.3) is 0 Å². The number of nitrogens with one attached hydrogen (secondary N) is 1. The van der Waals surface area contributed by atoms with E-state index in [0.29, 0.717) is 5.56 Å². The van der Waals surface area contributed by atoms with Crippen LogP contribution in [-0.2, 0) is 13.6 Å². The zero-order valence-corrected chi connectivity index (χ0v) is 9.63. The van der Waals surface area contributed by atoms with Crippen LogP contribution in [0.3, 0.4) is 0 Å². The second kappa shape index (κ2) is 4.82. The first-order valence-corrected chi connectivity index (χ1v) is 5.22. The number of aromatic nitrogens is 2. The predicted molar refractivity (Wildman–Crippen MR) is 63.6 cm³/mol. The molecule has 0 aliphatic carbocycles. The van der Waals surface area contributed by atoms with Gasteiger partial charge in [0.15, 0.2) is 0 Å². The molecule has 0 unspecified atom stereocenters. The van der Waals surface area contributed by atoms with Crippen LogP contribution >= 0.6 is 0 Å². The molecule has 0 fully saturated rings. The van der Waals surface area contributed by atoms with E-state index in [9.17, 15) is 14.5 Å². The minimum absolute atomic E-state index is 0.103. The lowest BCUT2D eigenvalue weighted by molar-refractivity contribution is -0.384. The van der Waals surface area contributed by atoms with Gasteiger partial charge in [0.05, 0.1) is 4.92 Å². The van der Waals surface area contributed by atoms with Crippen LogP contribution in [0.5, 0.6) is 0 Å². The third-order valence-electron chi connectivity index (χ3n) is 2.36. The average molecular weight is 250 g/mol. The van der Waals surface area contributed by atoms with Crippen LogP contribution in [0.15, 0.2) is 30.5 Å². The Kier molecular flexibility index (Phi) is 3.22. The van der Waals surface area contributed by atoms with Crippen LogP contribution in [0.4, 0.5) is 15.9 Å². The zero-order valence-electron chi connectivity index (χ0n) is 9.63. The molecule has 0 aliphatic heterocycles. The highest BCUT2D eigenvalue weighted by molar-refractivity contribution is 5.54. The summed E-state index contributed by atoms with van der Waals surface area (Å²) in [6, 6.07) is 6.01. The van der Waals surface area contributed by atoms with Crippen LogP contribution in [0.1, 0.15) is 5.56 Å². The molecule has 1 aromatic carbocycles. The smallest absolute Gasteiger partial charge is 0.330 e. The SMILES string of the molecule is Cn1cc([N+](=O)[O-])c(NCc2cccc(F)c2)n1. The third kappa shape index (κ3) is 2.62. The Morgan fingerprint density at radius 1 is 1.56 bits per heavy atom. The van der Waals surface area contributed by atoms with Crippen molar-refractivity contribution >= 4 is 11.5 Å². The van der Waals surface area contributed by atoms with Crippen molar-refractivity contribution in [3.05, 3.63) is 52.0 Å². The van der Waals surface area contributed by atoms with Gasteiger partial charge in [0.2, 0.25) is 5.82 Å². The Labute approximate surface area is 102 Å². The van der Waals surface area contributed by atoms with Crippen molar-refractivity contribution in [1.29, 1.82) is 0 Å². The van der Waals surface area contributed by atoms with Crippen LogP contribution in [0.25, 0.3) is 0 Å². The van der Waals surface area contributed by atoms with Crippen LogP contribution in [0, 0.1) is 15.9 Å². The van der Waals surface area contributed by atoms with Gasteiger partial charge in [-0.05, 0) is 17.7 Å². The van der Waals surface area contributed by atoms with E-state index in [-0.39, 0.29) is 23.9 Å². The van der Waals surface area contributed by atoms with Crippen molar-refractivity contribution in [3.63, 3.8) is 0 Å². The van der Waals surface area contributed by atoms with Gasteiger partial charge in [-0.15, -0.1) is 5.10 Å². The highest BCUT2D eigenvalue weighted by atomic mass is 19.1. The molecular formula is C11H11FN4O2. The van der Waals surface area contributed by atoms with Crippen molar-refractivity contribution in [1.82, 2.24) is 9.78 Å². The van der Waals surface area contributed by atoms with E-state index in [1.165, 1.54) is 23.0 Å². The third-order valence-corrected chi connectivity index (χ3v) is 2.36. The molecule has 0 aliphatic rings. The molecule has 0 saturated heterocycles. The molecular weight excluding hydrogens is 239 g/mol. The monoisotopic (exact) mass is 250 g/mol. The molecule has 1 aromatic heterocycles. The maximum absolute atomic E-state index is 12.9. The first kappa shape index (κ1) is 12.0. The summed E-state index contributed by atoms with van der Waals surface area (Å²) >= 11 is 0. The second-order valence-corrected chi connectivity index (χ2v) is 3.78. The van der Waals surface area contributed by atoms with Gasteiger partial charge in [-0.25, -0.2) is 4.39 Å². The number of hydrogen-bond acceptors (Lipinski definition) is 4. The van der Waals surface area contributed by atoms with Crippen molar-refractivity contribution in [2.75, 3.05) is 5.32 Å². The van der Waals surface area contributed by atoms with Crippen molar-refractivity contribution < 1.29 is 9.31 Å². The number of hydrogen-bond donors (Lipinski definition) is 1. The Morgan fingerprint density at radius 2 is 2.33 bits per heavy atom. The number of nitro groups is 1. The standard InChI is InChI=1S/C11H11FN4O2/c1-15-7-10(16(17)18)11(14-15)13-6-8-3-2-4-9(12)5-8/h2-5,7H,6H2,1H3,(H,13,14). The number of benzene rings is 1.